The van der Waals surface area contributed by atoms with Crippen LogP contribution < -0.4 is 9.64 Å². The van der Waals surface area contributed by atoms with E-state index in [9.17, 15) is 13.2 Å². The van der Waals surface area contributed by atoms with E-state index in [0.29, 0.717) is 32.5 Å². The zero-order valence-electron chi connectivity index (χ0n) is 19.6. The van der Waals surface area contributed by atoms with Crippen molar-refractivity contribution in [1.29, 1.82) is 0 Å². The van der Waals surface area contributed by atoms with E-state index in [1.165, 1.54) is 4.31 Å². The van der Waals surface area contributed by atoms with Gasteiger partial charge in [0.25, 0.3) is 10.0 Å². The molecule has 2 fully saturated rings. The normalized spacial score (nSPS) is 20.3. The molecule has 2 aliphatic heterocycles. The summed E-state index contributed by atoms with van der Waals surface area (Å²) in [6.45, 7) is 7.35. The smallest absolute Gasteiger partial charge is 0.262 e. The van der Waals surface area contributed by atoms with Crippen molar-refractivity contribution in [3.8, 4) is 5.75 Å². The maximum atomic E-state index is 13.2. The van der Waals surface area contributed by atoms with Crippen LogP contribution >= 0.6 is 0 Å². The number of ether oxygens (including phenoxy) is 1. The molecule has 0 saturated carbocycles. The molecule has 1 atom stereocenters. The van der Waals surface area contributed by atoms with Crippen molar-refractivity contribution in [2.24, 2.45) is 5.92 Å². The second kappa shape index (κ2) is 9.72. The Balaban J connectivity index is 1.36. The van der Waals surface area contributed by atoms with Gasteiger partial charge in [-0.25, -0.2) is 13.4 Å². The number of carbonyl (C=O) groups excluding carboxylic acids is 1. The van der Waals surface area contributed by atoms with Crippen LogP contribution in [-0.4, -0.2) is 79.5 Å². The standard InChI is InChI=1S/C23H33N5O4S/c1-18(2)27-16-22(24-17-27)33(30,31)28-10-4-5-19(15-28)23(29)26-13-11-25(12-14-26)20-6-8-21(32-3)9-7-20/h6-9,16-19H,4-5,10-15H2,1-3H3. The van der Waals surface area contributed by atoms with Crippen molar-refractivity contribution in [2.75, 3.05) is 51.3 Å². The van der Waals surface area contributed by atoms with Gasteiger partial charge in [-0.2, -0.15) is 4.31 Å². The van der Waals surface area contributed by atoms with Crippen LogP contribution in [0.4, 0.5) is 5.69 Å². The molecule has 1 aromatic heterocycles. The van der Waals surface area contributed by atoms with Crippen LogP contribution in [0.2, 0.25) is 0 Å². The summed E-state index contributed by atoms with van der Waals surface area (Å²) in [7, 11) is -2.06. The summed E-state index contributed by atoms with van der Waals surface area (Å²) in [6.07, 6.45) is 4.51. The van der Waals surface area contributed by atoms with Crippen molar-refractivity contribution >= 4 is 21.6 Å². The number of anilines is 1. The Morgan fingerprint density at radius 3 is 2.39 bits per heavy atom. The third kappa shape index (κ3) is 5.01. The van der Waals surface area contributed by atoms with Crippen LogP contribution in [0.3, 0.4) is 0 Å². The molecule has 0 aliphatic carbocycles. The largest absolute Gasteiger partial charge is 0.497 e. The molecule has 2 aromatic rings. The lowest BCUT2D eigenvalue weighted by atomic mass is 9.97. The minimum atomic E-state index is -3.71. The van der Waals surface area contributed by atoms with Gasteiger partial charge >= 0.3 is 0 Å². The van der Waals surface area contributed by atoms with Gasteiger partial charge in [0.15, 0.2) is 5.03 Å². The van der Waals surface area contributed by atoms with Gasteiger partial charge in [0.2, 0.25) is 5.91 Å². The monoisotopic (exact) mass is 475 g/mol. The van der Waals surface area contributed by atoms with E-state index < -0.39 is 10.0 Å². The number of sulfonamides is 1. The second-order valence-corrected chi connectivity index (χ2v) is 10.9. The summed E-state index contributed by atoms with van der Waals surface area (Å²) < 4.78 is 34.7. The quantitative estimate of drug-likeness (QED) is 0.637. The van der Waals surface area contributed by atoms with Crippen molar-refractivity contribution < 1.29 is 17.9 Å². The fourth-order valence-corrected chi connectivity index (χ4v) is 5.91. The highest BCUT2D eigenvalue weighted by Crippen LogP contribution is 2.26. The molecule has 2 aliphatic rings. The number of hydrogen-bond acceptors (Lipinski definition) is 6. The van der Waals surface area contributed by atoms with Crippen LogP contribution in [0.15, 0.2) is 41.8 Å². The summed E-state index contributed by atoms with van der Waals surface area (Å²) in [4.78, 5) is 21.5. The van der Waals surface area contributed by atoms with E-state index >= 15 is 0 Å². The van der Waals surface area contributed by atoms with Crippen LogP contribution in [0.1, 0.15) is 32.7 Å². The Morgan fingerprint density at radius 1 is 1.09 bits per heavy atom. The average Bonchev–Trinajstić information content (AvgIpc) is 3.36. The highest BCUT2D eigenvalue weighted by atomic mass is 32.2. The Kier molecular flexibility index (Phi) is 6.94. The molecule has 4 rings (SSSR count). The first-order valence-electron chi connectivity index (χ1n) is 11.5. The number of aromatic nitrogens is 2. The minimum Gasteiger partial charge on any atom is -0.497 e. The van der Waals surface area contributed by atoms with Crippen molar-refractivity contribution in [2.45, 2.75) is 37.8 Å². The van der Waals surface area contributed by atoms with E-state index in [4.69, 9.17) is 4.74 Å². The molecule has 10 heteroatoms. The number of piperazine rings is 1. The van der Waals surface area contributed by atoms with Gasteiger partial charge in [0.05, 0.1) is 19.4 Å². The van der Waals surface area contributed by atoms with Crippen molar-refractivity contribution in [3.05, 3.63) is 36.8 Å². The zero-order chi connectivity index (χ0) is 23.6. The molecule has 33 heavy (non-hydrogen) atoms. The predicted molar refractivity (Wildman–Crippen MR) is 126 cm³/mol. The van der Waals surface area contributed by atoms with Gasteiger partial charge in [-0.05, 0) is 51.0 Å². The molecule has 0 bridgehead atoms. The fourth-order valence-electron chi connectivity index (χ4n) is 4.46. The molecule has 0 N–H and O–H groups in total. The van der Waals surface area contributed by atoms with Gasteiger partial charge in [-0.1, -0.05) is 0 Å². The van der Waals surface area contributed by atoms with E-state index in [1.807, 2.05) is 43.0 Å². The molecule has 1 unspecified atom stereocenters. The summed E-state index contributed by atoms with van der Waals surface area (Å²) >= 11 is 0. The van der Waals surface area contributed by atoms with Crippen LogP contribution in [0.5, 0.6) is 5.75 Å². The average molecular weight is 476 g/mol. The molecular weight excluding hydrogens is 442 g/mol. The van der Waals surface area contributed by atoms with Crippen molar-refractivity contribution in [1.82, 2.24) is 18.8 Å². The molecule has 3 heterocycles. The number of methoxy groups -OCH3 is 1. The van der Waals surface area contributed by atoms with Gasteiger partial charge in [0.1, 0.15) is 5.75 Å². The zero-order valence-corrected chi connectivity index (χ0v) is 20.4. The highest BCUT2D eigenvalue weighted by Gasteiger charge is 2.36. The Bertz CT molecular complexity index is 1060. The lowest BCUT2D eigenvalue weighted by Gasteiger charge is -2.39. The number of nitrogens with zero attached hydrogens (tertiary/aromatic N) is 5. The van der Waals surface area contributed by atoms with E-state index in [2.05, 4.69) is 9.88 Å². The molecule has 9 nitrogen and oxygen atoms in total. The predicted octanol–water partition coefficient (Wildman–Crippen LogP) is 2.22. The minimum absolute atomic E-state index is 0.0528. The number of rotatable bonds is 6. The van der Waals surface area contributed by atoms with Gasteiger partial charge in [-0.3, -0.25) is 4.79 Å². The van der Waals surface area contributed by atoms with Crippen LogP contribution in [-0.2, 0) is 14.8 Å². The Labute approximate surface area is 196 Å². The number of benzene rings is 1. The fraction of sp³-hybridized carbons (Fsp3) is 0.565. The lowest BCUT2D eigenvalue weighted by Crippen LogP contribution is -2.53. The molecular formula is C23H33N5O4S. The van der Waals surface area contributed by atoms with Gasteiger partial charge < -0.3 is 19.1 Å². The number of amides is 1. The first-order chi connectivity index (χ1) is 15.8. The summed E-state index contributed by atoms with van der Waals surface area (Å²) in [6, 6.07) is 8.07. The van der Waals surface area contributed by atoms with Gasteiger partial charge in [-0.15, -0.1) is 0 Å². The van der Waals surface area contributed by atoms with Gasteiger partial charge in [0, 0.05) is 57.2 Å². The molecule has 1 aromatic carbocycles. The summed E-state index contributed by atoms with van der Waals surface area (Å²) in [5.74, 6) is 0.561. The van der Waals surface area contributed by atoms with Crippen LogP contribution in [0.25, 0.3) is 0 Å². The van der Waals surface area contributed by atoms with E-state index in [0.717, 1.165) is 24.5 Å². The maximum Gasteiger partial charge on any atom is 0.262 e. The second-order valence-electron chi connectivity index (χ2n) is 8.97. The highest BCUT2D eigenvalue weighted by molar-refractivity contribution is 7.89. The first-order valence-corrected chi connectivity index (χ1v) is 12.9. The topological polar surface area (TPSA) is 88.0 Å². The maximum absolute atomic E-state index is 13.2. The lowest BCUT2D eigenvalue weighted by molar-refractivity contribution is -0.137. The third-order valence-electron chi connectivity index (χ3n) is 6.54. The Hall–Kier alpha value is -2.59. The first kappa shape index (κ1) is 23.6. The summed E-state index contributed by atoms with van der Waals surface area (Å²) in [5, 5.41) is 0.0532. The third-order valence-corrected chi connectivity index (χ3v) is 8.29. The molecule has 0 radical (unpaired) electrons. The van der Waals surface area contributed by atoms with E-state index in [1.54, 1.807) is 24.2 Å². The number of hydrogen-bond donors (Lipinski definition) is 0. The molecule has 0 spiro atoms. The molecule has 2 saturated heterocycles. The number of piperidine rings is 1. The van der Waals surface area contributed by atoms with E-state index in [-0.39, 0.29) is 29.4 Å². The SMILES string of the molecule is COc1ccc(N2CCN(C(=O)C3CCCN(S(=O)(=O)c4cn(C(C)C)cn4)C3)CC2)cc1. The van der Waals surface area contributed by atoms with Crippen LogP contribution in [0, 0.1) is 5.92 Å². The Morgan fingerprint density at radius 2 is 1.79 bits per heavy atom. The molecule has 1 amide bonds. The molecule has 180 valence electrons. The number of carbonyl (C=O) groups is 1. The number of imidazole rings is 1. The van der Waals surface area contributed by atoms with Crippen molar-refractivity contribution in [3.63, 3.8) is 0 Å². The summed E-state index contributed by atoms with van der Waals surface area (Å²) in [5.41, 5.74) is 1.11.